The third kappa shape index (κ3) is 3.98. The van der Waals surface area contributed by atoms with E-state index in [0.717, 1.165) is 25.0 Å². The van der Waals surface area contributed by atoms with E-state index in [9.17, 15) is 5.11 Å². The van der Waals surface area contributed by atoms with Gasteiger partial charge >= 0.3 is 0 Å². The molecule has 0 radical (unpaired) electrons. The van der Waals surface area contributed by atoms with E-state index < -0.39 is 0 Å². The first-order valence-corrected chi connectivity index (χ1v) is 7.75. The van der Waals surface area contributed by atoms with Crippen LogP contribution in [0.15, 0.2) is 24.3 Å². The van der Waals surface area contributed by atoms with E-state index in [-0.39, 0.29) is 23.2 Å². The molecule has 1 N–H and O–H groups in total. The summed E-state index contributed by atoms with van der Waals surface area (Å²) in [4.78, 5) is 0. The monoisotopic (exact) mass is 292 g/mol. The number of methoxy groups -OCH3 is 1. The molecule has 0 spiro atoms. The second kappa shape index (κ2) is 5.98. The zero-order chi connectivity index (χ0) is 15.7. The quantitative estimate of drug-likeness (QED) is 0.901. The Kier molecular flexibility index (Phi) is 4.64. The normalized spacial score (nSPS) is 24.8. The van der Waals surface area contributed by atoms with Crippen LogP contribution in [0.2, 0.25) is 0 Å². The Balaban J connectivity index is 1.93. The van der Waals surface area contributed by atoms with Crippen molar-refractivity contribution < 1.29 is 14.6 Å². The van der Waals surface area contributed by atoms with E-state index in [1.165, 1.54) is 5.56 Å². The molecule has 1 aliphatic rings. The summed E-state index contributed by atoms with van der Waals surface area (Å²) >= 11 is 0. The van der Waals surface area contributed by atoms with E-state index in [2.05, 4.69) is 39.8 Å². The molecule has 118 valence electrons. The van der Waals surface area contributed by atoms with Gasteiger partial charge in [-0.2, -0.15) is 0 Å². The Labute approximate surface area is 128 Å². The van der Waals surface area contributed by atoms with Crippen molar-refractivity contribution in [2.75, 3.05) is 7.11 Å². The highest BCUT2D eigenvalue weighted by Crippen LogP contribution is 2.44. The number of aryl methyl sites for hydroxylation is 1. The van der Waals surface area contributed by atoms with Crippen molar-refractivity contribution in [3.63, 3.8) is 0 Å². The second-order valence-corrected chi connectivity index (χ2v) is 7.23. The number of hydrogen-bond acceptors (Lipinski definition) is 3. The van der Waals surface area contributed by atoms with Gasteiger partial charge in [-0.05, 0) is 64.7 Å². The Bertz CT molecular complexity index is 462. The third-order valence-electron chi connectivity index (χ3n) is 4.50. The van der Waals surface area contributed by atoms with Crippen LogP contribution in [0.5, 0.6) is 5.75 Å². The fourth-order valence-corrected chi connectivity index (χ4v) is 3.51. The van der Waals surface area contributed by atoms with Gasteiger partial charge in [0.15, 0.2) is 0 Å². The number of aliphatic hydroxyl groups is 1. The number of benzene rings is 1. The molecule has 0 aromatic heterocycles. The van der Waals surface area contributed by atoms with Crippen LogP contribution >= 0.6 is 0 Å². The third-order valence-corrected chi connectivity index (χ3v) is 4.50. The molecule has 1 aliphatic heterocycles. The SMILES string of the molecule is COc1ccc(CCC(O)C2CC(C)(C)OC2(C)C)cc1. The van der Waals surface area contributed by atoms with E-state index in [1.807, 2.05) is 12.1 Å². The van der Waals surface area contributed by atoms with E-state index in [4.69, 9.17) is 9.47 Å². The predicted octanol–water partition coefficient (Wildman–Crippen LogP) is 3.58. The maximum absolute atomic E-state index is 10.6. The minimum absolute atomic E-state index is 0.144. The zero-order valence-electron chi connectivity index (χ0n) is 13.8. The van der Waals surface area contributed by atoms with E-state index >= 15 is 0 Å². The summed E-state index contributed by atoms with van der Waals surface area (Å²) in [7, 11) is 1.67. The summed E-state index contributed by atoms with van der Waals surface area (Å²) in [6.07, 6.45) is 2.21. The lowest BCUT2D eigenvalue weighted by Gasteiger charge is -2.30. The molecule has 1 aromatic carbocycles. The van der Waals surface area contributed by atoms with Crippen LogP contribution in [0.3, 0.4) is 0 Å². The standard InChI is InChI=1S/C18H28O3/c1-17(2)12-15(18(3,4)21-17)16(19)11-8-13-6-9-14(20-5)10-7-13/h6-7,9-10,15-16,19H,8,11-12H2,1-5H3. The van der Waals surface area contributed by atoms with Crippen LogP contribution in [0.4, 0.5) is 0 Å². The van der Waals surface area contributed by atoms with Gasteiger partial charge in [-0.15, -0.1) is 0 Å². The molecule has 0 saturated carbocycles. The van der Waals surface area contributed by atoms with Crippen molar-refractivity contribution in [1.29, 1.82) is 0 Å². The molecule has 1 saturated heterocycles. The van der Waals surface area contributed by atoms with Crippen molar-refractivity contribution in [3.8, 4) is 5.75 Å². The lowest BCUT2D eigenvalue weighted by atomic mass is 9.81. The van der Waals surface area contributed by atoms with Gasteiger partial charge in [0.2, 0.25) is 0 Å². The molecule has 0 bridgehead atoms. The first-order chi connectivity index (χ1) is 9.73. The number of ether oxygens (including phenoxy) is 2. The number of rotatable bonds is 5. The van der Waals surface area contributed by atoms with Crippen LogP contribution in [-0.2, 0) is 11.2 Å². The van der Waals surface area contributed by atoms with Crippen molar-refractivity contribution in [2.24, 2.45) is 5.92 Å². The molecule has 3 nitrogen and oxygen atoms in total. The number of aliphatic hydroxyl groups excluding tert-OH is 1. The van der Waals surface area contributed by atoms with Crippen molar-refractivity contribution in [3.05, 3.63) is 29.8 Å². The smallest absolute Gasteiger partial charge is 0.118 e. The summed E-state index contributed by atoms with van der Waals surface area (Å²) < 4.78 is 11.2. The highest BCUT2D eigenvalue weighted by Gasteiger charge is 2.48. The molecule has 1 heterocycles. The summed E-state index contributed by atoms with van der Waals surface area (Å²) in [6, 6.07) is 8.05. The lowest BCUT2D eigenvalue weighted by Crippen LogP contribution is -2.36. The highest BCUT2D eigenvalue weighted by molar-refractivity contribution is 5.27. The van der Waals surface area contributed by atoms with Crippen LogP contribution < -0.4 is 4.74 Å². The van der Waals surface area contributed by atoms with Gasteiger partial charge in [-0.25, -0.2) is 0 Å². The maximum atomic E-state index is 10.6. The van der Waals surface area contributed by atoms with Gasteiger partial charge in [0.05, 0.1) is 24.4 Å². The average molecular weight is 292 g/mol. The Morgan fingerprint density at radius 1 is 1.24 bits per heavy atom. The van der Waals surface area contributed by atoms with E-state index in [1.54, 1.807) is 7.11 Å². The van der Waals surface area contributed by atoms with Crippen molar-refractivity contribution in [1.82, 2.24) is 0 Å². The first kappa shape index (κ1) is 16.3. The first-order valence-electron chi connectivity index (χ1n) is 7.75. The van der Waals surface area contributed by atoms with Gasteiger partial charge in [-0.1, -0.05) is 12.1 Å². The van der Waals surface area contributed by atoms with Crippen molar-refractivity contribution >= 4 is 0 Å². The van der Waals surface area contributed by atoms with Gasteiger partial charge in [0, 0.05) is 5.92 Å². The van der Waals surface area contributed by atoms with Gasteiger partial charge < -0.3 is 14.6 Å². The number of hydrogen-bond donors (Lipinski definition) is 1. The van der Waals surface area contributed by atoms with Crippen molar-refractivity contribution in [2.45, 2.75) is 64.3 Å². The van der Waals surface area contributed by atoms with Gasteiger partial charge in [-0.3, -0.25) is 0 Å². The molecule has 0 aliphatic carbocycles. The van der Waals surface area contributed by atoms with Crippen LogP contribution in [0, 0.1) is 5.92 Å². The Morgan fingerprint density at radius 3 is 2.33 bits per heavy atom. The summed E-state index contributed by atoms with van der Waals surface area (Å²) in [5, 5.41) is 10.6. The minimum atomic E-state index is -0.330. The molecule has 1 fully saturated rings. The zero-order valence-corrected chi connectivity index (χ0v) is 13.8. The molecule has 2 atom stereocenters. The Hall–Kier alpha value is -1.06. The summed E-state index contributed by atoms with van der Waals surface area (Å²) in [6.45, 7) is 8.38. The molecule has 21 heavy (non-hydrogen) atoms. The minimum Gasteiger partial charge on any atom is -0.497 e. The van der Waals surface area contributed by atoms with Crippen LogP contribution in [0.1, 0.15) is 46.1 Å². The van der Waals surface area contributed by atoms with E-state index in [0.29, 0.717) is 0 Å². The van der Waals surface area contributed by atoms with Crippen LogP contribution in [-0.4, -0.2) is 29.5 Å². The molecule has 3 heteroatoms. The molecular weight excluding hydrogens is 264 g/mol. The molecule has 0 amide bonds. The molecule has 2 rings (SSSR count). The second-order valence-electron chi connectivity index (χ2n) is 7.23. The largest absolute Gasteiger partial charge is 0.497 e. The topological polar surface area (TPSA) is 38.7 Å². The molecular formula is C18H28O3. The summed E-state index contributed by atoms with van der Waals surface area (Å²) in [5.41, 5.74) is 0.823. The fourth-order valence-electron chi connectivity index (χ4n) is 3.51. The highest BCUT2D eigenvalue weighted by atomic mass is 16.5. The van der Waals surface area contributed by atoms with Gasteiger partial charge in [0.1, 0.15) is 5.75 Å². The van der Waals surface area contributed by atoms with Crippen LogP contribution in [0.25, 0.3) is 0 Å². The Morgan fingerprint density at radius 2 is 1.86 bits per heavy atom. The summed E-state index contributed by atoms with van der Waals surface area (Å²) in [5.74, 6) is 1.05. The molecule has 1 aromatic rings. The lowest BCUT2D eigenvalue weighted by molar-refractivity contribution is -0.0880. The van der Waals surface area contributed by atoms with Gasteiger partial charge in [0.25, 0.3) is 0 Å². The average Bonchev–Trinajstić information content (AvgIpc) is 2.64. The predicted molar refractivity (Wildman–Crippen MR) is 84.7 cm³/mol. The fraction of sp³-hybridized carbons (Fsp3) is 0.667. The molecule has 2 unspecified atom stereocenters. The maximum Gasteiger partial charge on any atom is 0.118 e.